The molecule has 6 nitrogen and oxygen atoms in total. The summed E-state index contributed by atoms with van der Waals surface area (Å²) in [6.45, 7) is 12.3. The Morgan fingerprint density at radius 2 is 0.336 bits per heavy atom. The van der Waals surface area contributed by atoms with Crippen molar-refractivity contribution in [2.45, 2.75) is 53.4 Å². The Morgan fingerprint density at radius 3 is 0.439 bits per heavy atom. The molecule has 8 aromatic carbocycles. The Bertz CT molecular complexity index is 4140. The maximum absolute atomic E-state index is 15.8. The van der Waals surface area contributed by atoms with Crippen molar-refractivity contribution in [2.75, 3.05) is 26.4 Å². The molecule has 0 saturated carbocycles. The Kier molecular flexibility index (Phi) is 28.7. The van der Waals surface area contributed by atoms with Gasteiger partial charge >= 0.3 is 23.1 Å². The van der Waals surface area contributed by atoms with Crippen LogP contribution >= 0.6 is 0 Å². The van der Waals surface area contributed by atoms with E-state index in [1.165, 1.54) is 47.9 Å². The number of fused-ring (bicyclic) bond motifs is 8. The fourth-order valence-corrected chi connectivity index (χ4v) is 10.6. The van der Waals surface area contributed by atoms with Crippen LogP contribution in [0.4, 0.5) is 87.8 Å². The van der Waals surface area contributed by atoms with E-state index < -0.39 is 208 Å². The fraction of sp³-hybridized carbons (Fsp3) is 0.150. The van der Waals surface area contributed by atoms with E-state index in [0.717, 1.165) is 26.4 Å². The monoisotopic (exact) mass is 1510 g/mol. The molecule has 2 fully saturated rings. The van der Waals surface area contributed by atoms with Crippen LogP contribution in [-0.2, 0) is 9.47 Å². The van der Waals surface area contributed by atoms with Gasteiger partial charge in [-0.15, -0.1) is 0 Å². The molecule has 7 heterocycles. The number of hydrogen-bond donors (Lipinski definition) is 0. The number of benzene rings is 8. The first-order chi connectivity index (χ1) is 50.7. The SMILES string of the molecule is C1CCOC1.C1CCOC1.Cc1ccccc1.Cc1ccccc1.Cc1ccccc1.Cc1ccccc1.Fc1c(F)c(F)c([C+]2c3ccc([n-]3)[C+](c3c(F)c(F)c(F)c(F)c3F)c3ccc([n-]3)[C+](c3c(F)c(F)c(F)c(F)c3F)c3ccc([n-]3)[C+](c3c(F)c(F)c(F)c(F)c3F)c3ccc2[n-]3)c(F)c1F.[Mg+2]. The number of rotatable bonds is 4. The number of aryl methyl sites for hydroxylation is 4. The smallest absolute Gasteiger partial charge is 0.628 e. The maximum atomic E-state index is 15.8. The second-order valence-corrected chi connectivity index (χ2v) is 23.4. The molecule has 0 unspecified atom stereocenters. The Labute approximate surface area is 617 Å². The molecule has 3 aliphatic rings. The van der Waals surface area contributed by atoms with Gasteiger partial charge in [0.25, 0.3) is 0 Å². The molecular formula is C80H56F20MgN4O2+2. The molecule has 4 aromatic heterocycles. The van der Waals surface area contributed by atoms with E-state index in [4.69, 9.17) is 9.47 Å². The largest absolute Gasteiger partial charge is 2.00 e. The summed E-state index contributed by atoms with van der Waals surface area (Å²) in [5, 5.41) is 0. The van der Waals surface area contributed by atoms with Crippen LogP contribution < -0.4 is 19.9 Å². The molecular weight excluding hydrogens is 1450 g/mol. The van der Waals surface area contributed by atoms with E-state index in [1.54, 1.807) is 0 Å². The van der Waals surface area contributed by atoms with E-state index in [0.29, 0.717) is 48.5 Å². The van der Waals surface area contributed by atoms with Gasteiger partial charge in [-0.05, 0) is 98.9 Å². The Balaban J connectivity index is 0.000000295. The summed E-state index contributed by atoms with van der Waals surface area (Å²) in [6.07, 6.45) is 5.11. The number of nitrogens with zero attached hydrogens (tertiary/aromatic N) is 4. The fourth-order valence-electron chi connectivity index (χ4n) is 10.6. The van der Waals surface area contributed by atoms with Crippen molar-refractivity contribution in [3.8, 4) is 0 Å². The molecule has 107 heavy (non-hydrogen) atoms. The van der Waals surface area contributed by atoms with Crippen LogP contribution in [0.3, 0.4) is 0 Å². The summed E-state index contributed by atoms with van der Waals surface area (Å²) in [6, 6.07) is 45.6. The zero-order valence-corrected chi connectivity index (χ0v) is 58.1. The van der Waals surface area contributed by atoms with Crippen molar-refractivity contribution in [2.24, 2.45) is 0 Å². The second kappa shape index (κ2) is 37.3. The normalized spacial score (nSPS) is 12.7. The number of aromatic nitrogens is 4. The molecule has 15 rings (SSSR count). The Hall–Kier alpha value is -10.4. The molecule has 0 aliphatic carbocycles. The molecule has 0 N–H and O–H groups in total. The van der Waals surface area contributed by atoms with Crippen LogP contribution in [0.2, 0.25) is 0 Å². The van der Waals surface area contributed by atoms with E-state index in [9.17, 15) is 52.7 Å². The van der Waals surface area contributed by atoms with Gasteiger partial charge in [0, 0.05) is 98.6 Å². The minimum Gasteiger partial charge on any atom is -0.628 e. The van der Waals surface area contributed by atoms with Gasteiger partial charge in [0.1, 0.15) is 0 Å². The van der Waals surface area contributed by atoms with E-state index in [2.05, 4.69) is 96.2 Å². The molecule has 0 radical (unpaired) electrons. The summed E-state index contributed by atoms with van der Waals surface area (Å²) < 4.78 is 312. The number of halogens is 20. The average Bonchev–Trinajstić information content (AvgIpc) is 1.62. The van der Waals surface area contributed by atoms with Crippen LogP contribution in [0.1, 0.15) is 116 Å². The van der Waals surface area contributed by atoms with Gasteiger partial charge in [-0.3, -0.25) is 0 Å². The first kappa shape index (κ1) is 82.3. The molecule has 27 heteroatoms. The predicted molar refractivity (Wildman–Crippen MR) is 357 cm³/mol. The topological polar surface area (TPSA) is 74.9 Å². The van der Waals surface area contributed by atoms with Gasteiger partial charge in [0.15, 0.2) is 22.3 Å². The summed E-state index contributed by atoms with van der Waals surface area (Å²) in [7, 11) is 0. The number of hydrogen-bond acceptors (Lipinski definition) is 2. The molecule has 8 bridgehead atoms. The molecule has 0 atom stereocenters. The zero-order chi connectivity index (χ0) is 76.8. The number of ether oxygens (including phenoxy) is 2. The second-order valence-electron chi connectivity index (χ2n) is 23.4. The molecule has 548 valence electrons. The van der Waals surface area contributed by atoms with Gasteiger partial charge < -0.3 is 29.4 Å². The van der Waals surface area contributed by atoms with Gasteiger partial charge in [-0.2, -0.15) is 87.8 Å². The molecule has 0 spiro atoms. The first-order valence-corrected chi connectivity index (χ1v) is 32.0. The molecule has 3 aliphatic heterocycles. The van der Waals surface area contributed by atoms with Crippen molar-refractivity contribution < 1.29 is 97.3 Å². The standard InChI is InChI=1S/C44H8F20N4.4C7H8.2C4H8O.Mg/c45-25-21(26(46)34(54)41(61)33(25)53)17-9-1-2-10(65-9)18(22-27(47)35(55)42(62)36(56)28(22)48)12-5-6-14(67-12)20(24-31(51)39(59)44(64)40(60)32(24)52)16-8-7-15(68-16)19(13-4-3-11(17)66-13)23-29(49)37(57)43(63)38(58)30(23)50;4*1-7-5-3-2-4-6-7;2*1-2-4-5-3-1;/h1-8H;4*2-6H,1H3;2*1-4H2;/q;;;;;;;+2. The molecule has 12 aromatic rings. The summed E-state index contributed by atoms with van der Waals surface area (Å²) in [5.74, 6) is -58.4. The first-order valence-electron chi connectivity index (χ1n) is 32.0. The van der Waals surface area contributed by atoms with E-state index in [-0.39, 0.29) is 23.1 Å². The summed E-state index contributed by atoms with van der Waals surface area (Å²) >= 11 is 0. The molecule has 0 amide bonds. The quantitative estimate of drug-likeness (QED) is 0.0575. The maximum Gasteiger partial charge on any atom is 2.00 e. The van der Waals surface area contributed by atoms with Crippen molar-refractivity contribution >= 4 is 23.1 Å². The third-order valence-electron chi connectivity index (χ3n) is 15.9. The summed E-state index contributed by atoms with van der Waals surface area (Å²) in [4.78, 5) is 15.6. The van der Waals surface area contributed by atoms with Crippen molar-refractivity contribution in [3.63, 3.8) is 0 Å². The molecule has 2 saturated heterocycles. The van der Waals surface area contributed by atoms with Crippen LogP contribution in [0.15, 0.2) is 170 Å². The minimum absolute atomic E-state index is 0. The van der Waals surface area contributed by atoms with Crippen LogP contribution in [0.25, 0.3) is 0 Å². The zero-order valence-electron chi connectivity index (χ0n) is 56.7. The average molecular weight is 1510 g/mol. The third-order valence-corrected chi connectivity index (χ3v) is 15.9. The van der Waals surface area contributed by atoms with Crippen LogP contribution in [-0.4, -0.2) is 49.5 Å². The predicted octanol–water partition coefficient (Wildman–Crippen LogP) is 19.9. The van der Waals surface area contributed by atoms with E-state index in [1.807, 2.05) is 72.8 Å². The Morgan fingerprint density at radius 1 is 0.206 bits per heavy atom. The van der Waals surface area contributed by atoms with Gasteiger partial charge in [-0.25, -0.2) is 0 Å². The van der Waals surface area contributed by atoms with Crippen molar-refractivity contribution in [3.05, 3.63) is 400 Å². The van der Waals surface area contributed by atoms with Gasteiger partial charge in [0.2, 0.25) is 116 Å². The van der Waals surface area contributed by atoms with E-state index >= 15 is 35.1 Å². The van der Waals surface area contributed by atoms with Crippen molar-refractivity contribution in [1.82, 2.24) is 19.9 Å². The summed E-state index contributed by atoms with van der Waals surface area (Å²) in [5.41, 5.74) is -11.0. The third kappa shape index (κ3) is 18.7. The van der Waals surface area contributed by atoms with Gasteiger partial charge in [-0.1, -0.05) is 144 Å². The van der Waals surface area contributed by atoms with Crippen LogP contribution in [0, 0.1) is 168 Å². The van der Waals surface area contributed by atoms with Gasteiger partial charge in [0.05, 0.1) is 0 Å². The van der Waals surface area contributed by atoms with Crippen molar-refractivity contribution in [1.29, 1.82) is 0 Å². The minimum atomic E-state index is -2.73. The van der Waals surface area contributed by atoms with Crippen LogP contribution in [0.5, 0.6) is 0 Å².